The van der Waals surface area contributed by atoms with Crippen molar-refractivity contribution in [3.8, 4) is 11.3 Å². The first-order valence-electron chi connectivity index (χ1n) is 14.3. The number of likely N-dealkylation sites (tertiary alicyclic amines) is 1. The lowest BCUT2D eigenvalue weighted by Crippen LogP contribution is -2.24. The Morgan fingerprint density at radius 2 is 2.05 bits per heavy atom. The molecule has 1 aromatic carbocycles. The molecule has 6 heterocycles. The van der Waals surface area contributed by atoms with Crippen LogP contribution in [-0.4, -0.2) is 45.1 Å². The molecule has 3 aliphatic heterocycles. The van der Waals surface area contributed by atoms with Gasteiger partial charge in [0, 0.05) is 59.4 Å². The number of benzene rings is 1. The van der Waals surface area contributed by atoms with E-state index in [1.165, 1.54) is 0 Å². The van der Waals surface area contributed by atoms with Gasteiger partial charge in [-0.15, -0.1) is 11.3 Å². The molecule has 4 aromatic rings. The fraction of sp³-hybridized carbons (Fsp3) is 0.242. The van der Waals surface area contributed by atoms with Gasteiger partial charge in [-0.05, 0) is 48.2 Å². The Morgan fingerprint density at radius 1 is 1.14 bits per heavy atom. The quantitative estimate of drug-likeness (QED) is 0.237. The molecule has 3 aromatic heterocycles. The zero-order chi connectivity index (χ0) is 29.3. The van der Waals surface area contributed by atoms with E-state index in [0.717, 1.165) is 38.7 Å². The van der Waals surface area contributed by atoms with Crippen LogP contribution in [0.15, 0.2) is 70.8 Å². The third-order valence-electron chi connectivity index (χ3n) is 8.28. The van der Waals surface area contributed by atoms with Gasteiger partial charge in [-0.1, -0.05) is 23.8 Å². The largest absolute Gasteiger partial charge is 0.373 e. The van der Waals surface area contributed by atoms with Gasteiger partial charge in [-0.2, -0.15) is 0 Å². The number of halogens is 3. The maximum absolute atomic E-state index is 16.7. The van der Waals surface area contributed by atoms with Crippen LogP contribution in [0.4, 0.5) is 18.9 Å². The van der Waals surface area contributed by atoms with Gasteiger partial charge in [0.1, 0.15) is 17.6 Å². The van der Waals surface area contributed by atoms with E-state index in [9.17, 15) is 8.78 Å². The second-order valence-corrected chi connectivity index (χ2v) is 12.4. The highest BCUT2D eigenvalue weighted by atomic mass is 32.1. The number of rotatable bonds is 5. The van der Waals surface area contributed by atoms with Crippen molar-refractivity contribution in [1.82, 2.24) is 25.2 Å². The summed E-state index contributed by atoms with van der Waals surface area (Å²) in [5, 5.41) is 5.44. The van der Waals surface area contributed by atoms with E-state index in [-0.39, 0.29) is 24.7 Å². The third kappa shape index (κ3) is 4.74. The molecule has 2 saturated heterocycles. The van der Waals surface area contributed by atoms with Crippen molar-refractivity contribution in [3.05, 3.63) is 110 Å². The van der Waals surface area contributed by atoms with Crippen LogP contribution in [0, 0.1) is 12.7 Å². The summed E-state index contributed by atoms with van der Waals surface area (Å²) in [6.45, 7) is 2.36. The number of allylic oxidation sites excluding steroid dienone is 3. The van der Waals surface area contributed by atoms with E-state index in [1.807, 2.05) is 42.6 Å². The summed E-state index contributed by atoms with van der Waals surface area (Å²) in [7, 11) is 0. The van der Waals surface area contributed by atoms with Gasteiger partial charge in [-0.25, -0.2) is 18.2 Å². The number of alkyl halides is 2. The first kappa shape index (κ1) is 26.4. The summed E-state index contributed by atoms with van der Waals surface area (Å²) in [4.78, 5) is 20.5. The van der Waals surface area contributed by atoms with E-state index in [4.69, 9.17) is 4.98 Å². The molecule has 10 heteroatoms. The fourth-order valence-electron chi connectivity index (χ4n) is 6.27. The molecule has 0 radical (unpaired) electrons. The number of nitrogens with one attached hydrogen (secondary N) is 2. The van der Waals surface area contributed by atoms with E-state index >= 15 is 4.39 Å². The number of aryl methyl sites for hydroxylation is 1. The molecule has 0 amide bonds. The monoisotopic (exact) mass is 596 g/mol. The van der Waals surface area contributed by atoms with Gasteiger partial charge in [0.25, 0.3) is 5.92 Å². The molecule has 0 spiro atoms. The molecule has 6 nitrogen and oxygen atoms in total. The summed E-state index contributed by atoms with van der Waals surface area (Å²) in [5.41, 5.74) is 7.90. The molecular weight excluding hydrogens is 569 g/mol. The molecule has 8 rings (SSSR count). The van der Waals surface area contributed by atoms with E-state index < -0.39 is 11.7 Å². The lowest BCUT2D eigenvalue weighted by molar-refractivity contribution is 0.0115. The number of hydrogen-bond acceptors (Lipinski definition) is 6. The Balaban J connectivity index is 1.20. The third-order valence-corrected chi connectivity index (χ3v) is 9.18. The van der Waals surface area contributed by atoms with Crippen LogP contribution in [-0.2, 0) is 6.54 Å². The fourth-order valence-corrected chi connectivity index (χ4v) is 7.02. The van der Waals surface area contributed by atoms with Crippen LogP contribution in [0.5, 0.6) is 0 Å². The number of aromatic amines is 1. The Bertz CT molecular complexity index is 1900. The van der Waals surface area contributed by atoms with Crippen molar-refractivity contribution in [1.29, 1.82) is 0 Å². The highest BCUT2D eigenvalue weighted by Gasteiger charge is 2.39. The van der Waals surface area contributed by atoms with E-state index in [2.05, 4.69) is 38.5 Å². The van der Waals surface area contributed by atoms with Crippen LogP contribution in [0.2, 0.25) is 0 Å². The number of fused-ring (bicyclic) bond motifs is 4. The van der Waals surface area contributed by atoms with Gasteiger partial charge in [-0.3, -0.25) is 14.9 Å². The summed E-state index contributed by atoms with van der Waals surface area (Å²) in [6, 6.07) is 9.83. The molecule has 2 fully saturated rings. The summed E-state index contributed by atoms with van der Waals surface area (Å²) in [5.74, 6) is -2.58. The Morgan fingerprint density at radius 3 is 2.86 bits per heavy atom. The molecule has 0 bridgehead atoms. The molecule has 4 aliphatic rings. The number of aromatic nitrogens is 3. The zero-order valence-electron chi connectivity index (χ0n) is 23.3. The zero-order valence-corrected chi connectivity index (χ0v) is 24.1. The van der Waals surface area contributed by atoms with E-state index in [1.54, 1.807) is 28.6 Å². The molecule has 43 heavy (non-hydrogen) atoms. The molecular formula is C33H27F3N6S. The van der Waals surface area contributed by atoms with Crippen LogP contribution in [0.3, 0.4) is 0 Å². The van der Waals surface area contributed by atoms with Crippen LogP contribution in [0.25, 0.3) is 22.4 Å². The SMILES string of the molecule is Cc1cc(CN2CCC(F)(F)C2)cc(-c2ncc3c(c2F)C(c2nc4c([nH]2)C2NC2=CC=C4c2cccs2)=CCC=N3)c1. The summed E-state index contributed by atoms with van der Waals surface area (Å²) in [6.07, 6.45) is 9.84. The lowest BCUT2D eigenvalue weighted by Gasteiger charge is -2.17. The second-order valence-electron chi connectivity index (χ2n) is 11.5. The Labute approximate surface area is 250 Å². The van der Waals surface area contributed by atoms with Gasteiger partial charge in [0.2, 0.25) is 0 Å². The van der Waals surface area contributed by atoms with Crippen molar-refractivity contribution in [2.45, 2.75) is 38.3 Å². The number of H-pyrrole nitrogens is 1. The maximum Gasteiger partial charge on any atom is 0.261 e. The highest BCUT2D eigenvalue weighted by molar-refractivity contribution is 7.11. The average Bonchev–Trinajstić information content (AvgIpc) is 3.23. The molecule has 1 aliphatic carbocycles. The smallest absolute Gasteiger partial charge is 0.261 e. The molecule has 2 N–H and O–H groups in total. The van der Waals surface area contributed by atoms with Gasteiger partial charge in [0.05, 0.1) is 35.4 Å². The number of hydrogen-bond donors (Lipinski definition) is 2. The van der Waals surface area contributed by atoms with Crippen LogP contribution < -0.4 is 5.32 Å². The first-order chi connectivity index (χ1) is 20.8. The van der Waals surface area contributed by atoms with Crippen molar-refractivity contribution >= 4 is 34.4 Å². The summed E-state index contributed by atoms with van der Waals surface area (Å²) >= 11 is 1.65. The summed E-state index contributed by atoms with van der Waals surface area (Å²) < 4.78 is 44.3. The standard InChI is InChI=1S/C33H27F3N6S/c1-18-12-19(16-42-10-8-33(35,36)17-42)14-20(13-18)28-27(34)26-22(4-2-9-37-24(26)15-38-28)32-40-29-21(25-5-3-11-43-25)6-7-23-30(39-23)31(29)41-32/h3-7,9,11-15,30,39H,2,8,10,16-17H2,1H3,(H,40,41). The van der Waals surface area contributed by atoms with Crippen molar-refractivity contribution < 1.29 is 13.2 Å². The van der Waals surface area contributed by atoms with Crippen molar-refractivity contribution in [3.63, 3.8) is 0 Å². The minimum Gasteiger partial charge on any atom is -0.373 e. The average molecular weight is 597 g/mol. The molecule has 0 saturated carbocycles. The van der Waals surface area contributed by atoms with Gasteiger partial charge < -0.3 is 10.3 Å². The minimum atomic E-state index is -2.67. The maximum atomic E-state index is 16.7. The number of nitrogens with zero attached hydrogens (tertiary/aromatic N) is 4. The highest BCUT2D eigenvalue weighted by Crippen LogP contribution is 2.44. The Kier molecular flexibility index (Phi) is 6.06. The molecule has 1 atom stereocenters. The van der Waals surface area contributed by atoms with Gasteiger partial charge >= 0.3 is 0 Å². The van der Waals surface area contributed by atoms with Crippen molar-refractivity contribution in [2.24, 2.45) is 4.99 Å². The number of imidazole rings is 1. The van der Waals surface area contributed by atoms with Crippen LogP contribution >= 0.6 is 11.3 Å². The second kappa shape index (κ2) is 9.89. The minimum absolute atomic E-state index is 0.0474. The number of pyridine rings is 1. The number of aliphatic imine (C=N–C) groups is 1. The van der Waals surface area contributed by atoms with Crippen molar-refractivity contribution in [2.75, 3.05) is 13.1 Å². The lowest BCUT2D eigenvalue weighted by atomic mass is 9.98. The first-order valence-corrected chi connectivity index (χ1v) is 15.2. The van der Waals surface area contributed by atoms with Crippen LogP contribution in [0.1, 0.15) is 57.7 Å². The van der Waals surface area contributed by atoms with Gasteiger partial charge in [0.15, 0.2) is 5.82 Å². The molecule has 216 valence electrons. The Hall–Kier alpha value is -4.28. The molecule has 1 unspecified atom stereocenters. The topological polar surface area (TPSA) is 79.1 Å². The predicted octanol–water partition coefficient (Wildman–Crippen LogP) is 7.33. The van der Waals surface area contributed by atoms with E-state index in [0.29, 0.717) is 47.7 Å². The normalized spacial score (nSPS) is 20.2. The predicted molar refractivity (Wildman–Crippen MR) is 163 cm³/mol. The number of thiophene rings is 1.